The summed E-state index contributed by atoms with van der Waals surface area (Å²) in [7, 11) is 0. The molecular formula is C32H30N4O2S. The monoisotopic (exact) mass is 534 g/mol. The Morgan fingerprint density at radius 1 is 0.923 bits per heavy atom. The van der Waals surface area contributed by atoms with Gasteiger partial charge in [-0.3, -0.25) is 4.98 Å². The average molecular weight is 535 g/mol. The van der Waals surface area contributed by atoms with Gasteiger partial charge in [0.05, 0.1) is 30.6 Å². The lowest BCUT2D eigenvalue weighted by molar-refractivity contribution is 0.482. The van der Waals surface area contributed by atoms with E-state index in [-0.39, 0.29) is 12.1 Å². The van der Waals surface area contributed by atoms with Crippen LogP contribution in [0.25, 0.3) is 0 Å². The van der Waals surface area contributed by atoms with Gasteiger partial charge in [-0.25, -0.2) is 0 Å². The predicted octanol–water partition coefficient (Wildman–Crippen LogP) is 7.42. The molecule has 1 N–H and O–H groups in total. The summed E-state index contributed by atoms with van der Waals surface area (Å²) in [4.78, 5) is 6.89. The van der Waals surface area contributed by atoms with Crippen molar-refractivity contribution in [2.75, 3.05) is 4.90 Å². The molecule has 2 aromatic carbocycles. The number of thiocarbonyl (C=S) groups is 1. The van der Waals surface area contributed by atoms with Crippen molar-refractivity contribution in [1.82, 2.24) is 14.9 Å². The number of furan rings is 1. The smallest absolute Gasteiger partial charge is 0.174 e. The van der Waals surface area contributed by atoms with E-state index >= 15 is 0 Å². The van der Waals surface area contributed by atoms with Crippen molar-refractivity contribution >= 4 is 23.0 Å². The van der Waals surface area contributed by atoms with Gasteiger partial charge < -0.3 is 23.9 Å². The number of hydrogen-bond donors (Lipinski definition) is 1. The molecule has 0 amide bonds. The molecule has 0 spiro atoms. The van der Waals surface area contributed by atoms with Crippen LogP contribution in [-0.2, 0) is 6.54 Å². The fourth-order valence-electron chi connectivity index (χ4n) is 5.30. The van der Waals surface area contributed by atoms with Gasteiger partial charge in [-0.2, -0.15) is 0 Å². The van der Waals surface area contributed by atoms with Crippen molar-refractivity contribution in [2.24, 2.45) is 0 Å². The Morgan fingerprint density at radius 3 is 2.33 bits per heavy atom. The standard InChI is InChI=1S/C32H30N4O2S/c1-21-9-13-25(14-10-21)38-26-15-11-24(12-16-26)36-31(30(34-32(36)39)29-8-4-5-17-33-29)28-19-22(2)35(23(28)3)20-27-7-6-18-37-27/h4-19,30-31H,20H2,1-3H3,(H,34,39)/t30-,31+/m1/s1. The molecule has 6 nitrogen and oxygen atoms in total. The van der Waals surface area contributed by atoms with Crippen molar-refractivity contribution in [3.63, 3.8) is 0 Å². The molecule has 1 saturated heterocycles. The summed E-state index contributed by atoms with van der Waals surface area (Å²) in [6, 6.07) is 28.2. The number of nitrogens with one attached hydrogen (secondary N) is 1. The first-order chi connectivity index (χ1) is 19.0. The molecule has 0 saturated carbocycles. The number of aromatic nitrogens is 2. The van der Waals surface area contributed by atoms with E-state index in [4.69, 9.17) is 26.4 Å². The van der Waals surface area contributed by atoms with Gasteiger partial charge in [-0.1, -0.05) is 23.8 Å². The Hall–Kier alpha value is -4.36. The van der Waals surface area contributed by atoms with Crippen molar-refractivity contribution < 1.29 is 9.15 Å². The van der Waals surface area contributed by atoms with Gasteiger partial charge in [-0.15, -0.1) is 0 Å². The van der Waals surface area contributed by atoms with Crippen LogP contribution in [0.1, 0.15) is 46.1 Å². The maximum Gasteiger partial charge on any atom is 0.174 e. The summed E-state index contributed by atoms with van der Waals surface area (Å²) in [6.07, 6.45) is 3.55. The molecule has 196 valence electrons. The van der Waals surface area contributed by atoms with Crippen molar-refractivity contribution in [3.8, 4) is 11.5 Å². The average Bonchev–Trinajstić information content (AvgIpc) is 3.66. The molecule has 0 bridgehead atoms. The zero-order valence-corrected chi connectivity index (χ0v) is 23.0. The third-order valence-electron chi connectivity index (χ3n) is 7.30. The molecule has 5 aromatic rings. The third kappa shape index (κ3) is 4.93. The summed E-state index contributed by atoms with van der Waals surface area (Å²) < 4.78 is 14.0. The van der Waals surface area contributed by atoms with E-state index in [1.54, 1.807) is 6.26 Å². The first-order valence-corrected chi connectivity index (χ1v) is 13.4. The minimum atomic E-state index is -0.111. The number of anilines is 1. The number of nitrogens with zero attached hydrogens (tertiary/aromatic N) is 3. The summed E-state index contributed by atoms with van der Waals surface area (Å²) in [5.41, 5.74) is 6.67. The van der Waals surface area contributed by atoms with Crippen molar-refractivity contribution in [1.29, 1.82) is 0 Å². The Morgan fingerprint density at radius 2 is 1.67 bits per heavy atom. The summed E-state index contributed by atoms with van der Waals surface area (Å²) in [5.74, 6) is 2.50. The Kier molecular flexibility index (Phi) is 6.67. The van der Waals surface area contributed by atoms with Gasteiger partial charge in [0.15, 0.2) is 5.11 Å². The second-order valence-electron chi connectivity index (χ2n) is 9.90. The molecule has 3 aromatic heterocycles. The van der Waals surface area contributed by atoms with Gasteiger partial charge in [0.2, 0.25) is 0 Å². The van der Waals surface area contributed by atoms with Crippen LogP contribution >= 0.6 is 12.2 Å². The van der Waals surface area contributed by atoms with Crippen LogP contribution in [0.4, 0.5) is 5.69 Å². The molecule has 1 aliphatic rings. The maximum absolute atomic E-state index is 6.08. The van der Waals surface area contributed by atoms with E-state index in [0.717, 1.165) is 28.6 Å². The first kappa shape index (κ1) is 24.9. The lowest BCUT2D eigenvalue weighted by atomic mass is 9.96. The minimum Gasteiger partial charge on any atom is -0.467 e. The van der Waals surface area contributed by atoms with Gasteiger partial charge in [0.25, 0.3) is 0 Å². The molecule has 1 aliphatic heterocycles. The molecule has 4 heterocycles. The highest BCUT2D eigenvalue weighted by Crippen LogP contribution is 2.43. The number of rotatable bonds is 7. The fraction of sp³-hybridized carbons (Fsp3) is 0.188. The lowest BCUT2D eigenvalue weighted by Gasteiger charge is -2.28. The summed E-state index contributed by atoms with van der Waals surface area (Å²) in [6.45, 7) is 7.04. The van der Waals surface area contributed by atoms with Crippen LogP contribution < -0.4 is 15.0 Å². The van der Waals surface area contributed by atoms with Gasteiger partial charge >= 0.3 is 0 Å². The Bertz CT molecular complexity index is 1580. The number of hydrogen-bond acceptors (Lipinski definition) is 4. The molecule has 7 heteroatoms. The highest BCUT2D eigenvalue weighted by atomic mass is 32.1. The fourth-order valence-corrected chi connectivity index (χ4v) is 5.64. The number of ether oxygens (including phenoxy) is 1. The van der Waals surface area contributed by atoms with Crippen LogP contribution in [0.3, 0.4) is 0 Å². The zero-order chi connectivity index (χ0) is 26.9. The highest BCUT2D eigenvalue weighted by Gasteiger charge is 2.42. The van der Waals surface area contributed by atoms with Crippen LogP contribution in [-0.4, -0.2) is 14.7 Å². The normalized spacial score (nSPS) is 16.9. The third-order valence-corrected chi connectivity index (χ3v) is 7.61. The van der Waals surface area contributed by atoms with Crippen LogP contribution in [0, 0.1) is 20.8 Å². The second kappa shape index (κ2) is 10.4. The van der Waals surface area contributed by atoms with Gasteiger partial charge in [0, 0.05) is 23.3 Å². The zero-order valence-electron chi connectivity index (χ0n) is 22.2. The molecule has 1 fully saturated rings. The van der Waals surface area contributed by atoms with E-state index in [9.17, 15) is 0 Å². The molecule has 39 heavy (non-hydrogen) atoms. The van der Waals surface area contributed by atoms with E-state index in [2.05, 4.69) is 59.8 Å². The van der Waals surface area contributed by atoms with Crippen LogP contribution in [0.2, 0.25) is 0 Å². The van der Waals surface area contributed by atoms with E-state index in [1.807, 2.05) is 66.9 Å². The predicted molar refractivity (Wildman–Crippen MR) is 157 cm³/mol. The maximum atomic E-state index is 6.08. The van der Waals surface area contributed by atoms with E-state index < -0.39 is 0 Å². The van der Waals surface area contributed by atoms with Gasteiger partial charge in [-0.05, 0) is 105 Å². The van der Waals surface area contributed by atoms with E-state index in [1.165, 1.54) is 22.5 Å². The minimum absolute atomic E-state index is 0.0900. The molecule has 0 radical (unpaired) electrons. The molecular weight excluding hydrogens is 504 g/mol. The van der Waals surface area contributed by atoms with Crippen LogP contribution in [0.5, 0.6) is 11.5 Å². The SMILES string of the molecule is Cc1ccc(Oc2ccc(N3C(=S)N[C@H](c4ccccn4)[C@@H]3c3cc(C)n(Cc4ccco4)c3C)cc2)cc1. The lowest BCUT2D eigenvalue weighted by Crippen LogP contribution is -2.29. The largest absolute Gasteiger partial charge is 0.467 e. The first-order valence-electron chi connectivity index (χ1n) is 13.0. The molecule has 6 rings (SSSR count). The summed E-state index contributed by atoms with van der Waals surface area (Å²) >= 11 is 5.94. The van der Waals surface area contributed by atoms with Crippen molar-refractivity contribution in [2.45, 2.75) is 39.4 Å². The summed E-state index contributed by atoms with van der Waals surface area (Å²) in [5, 5.41) is 4.23. The number of aryl methyl sites for hydroxylation is 2. The molecule has 0 aliphatic carbocycles. The Balaban J connectivity index is 1.37. The highest BCUT2D eigenvalue weighted by molar-refractivity contribution is 7.80. The second-order valence-corrected chi connectivity index (χ2v) is 10.3. The molecule has 2 atom stereocenters. The van der Waals surface area contributed by atoms with E-state index in [0.29, 0.717) is 11.7 Å². The molecule has 0 unspecified atom stereocenters. The topological polar surface area (TPSA) is 55.5 Å². The van der Waals surface area contributed by atoms with Crippen LogP contribution in [0.15, 0.2) is 102 Å². The van der Waals surface area contributed by atoms with Gasteiger partial charge in [0.1, 0.15) is 17.3 Å². The number of benzene rings is 2. The number of pyridine rings is 1. The Labute approximate surface area is 233 Å². The quantitative estimate of drug-likeness (QED) is 0.219. The van der Waals surface area contributed by atoms with Crippen molar-refractivity contribution in [3.05, 3.63) is 131 Å².